The average molecular weight is 605 g/mol. The van der Waals surface area contributed by atoms with Crippen molar-refractivity contribution in [1.82, 2.24) is 0 Å². The van der Waals surface area contributed by atoms with E-state index >= 15 is 0 Å². The number of fused-ring (bicyclic) bond motifs is 3. The van der Waals surface area contributed by atoms with Crippen LogP contribution in [0, 0.1) is 0 Å². The van der Waals surface area contributed by atoms with Gasteiger partial charge in [0.2, 0.25) is 0 Å². The van der Waals surface area contributed by atoms with E-state index in [0.717, 1.165) is 23.5 Å². The van der Waals surface area contributed by atoms with Crippen molar-refractivity contribution in [3.8, 4) is 22.3 Å². The van der Waals surface area contributed by atoms with Crippen LogP contribution in [-0.2, 0) is 0 Å². The van der Waals surface area contributed by atoms with Crippen LogP contribution in [0.5, 0.6) is 0 Å². The van der Waals surface area contributed by atoms with Crippen molar-refractivity contribution in [1.29, 1.82) is 0 Å². The van der Waals surface area contributed by atoms with E-state index < -0.39 is 0 Å². The summed E-state index contributed by atoms with van der Waals surface area (Å²) in [6, 6.07) is 56.8. The Morgan fingerprint density at radius 2 is 1.15 bits per heavy atom. The minimum Gasteiger partial charge on any atom is -0.313 e. The third-order valence-corrected chi connectivity index (χ3v) is 9.22. The monoisotopic (exact) mass is 604 g/mol. The SMILES string of the molecule is C/C=C/C1=CCC2C(=C1)N(c1ccccc1)c1cc(-c3ccc(-c4cccc(N(c5ccccc5)c5ccccc5)c4)cc3)ccc12. The second kappa shape index (κ2) is 12.5. The summed E-state index contributed by atoms with van der Waals surface area (Å²) in [5.74, 6) is 0.370. The van der Waals surface area contributed by atoms with Crippen LogP contribution in [-0.4, -0.2) is 0 Å². The van der Waals surface area contributed by atoms with Gasteiger partial charge in [0, 0.05) is 34.4 Å². The Labute approximate surface area is 277 Å². The first-order chi connectivity index (χ1) is 23.3. The first-order valence-electron chi connectivity index (χ1n) is 16.4. The molecule has 47 heavy (non-hydrogen) atoms. The summed E-state index contributed by atoms with van der Waals surface area (Å²) >= 11 is 0. The number of benzene rings is 6. The van der Waals surface area contributed by atoms with Crippen molar-refractivity contribution in [2.45, 2.75) is 19.3 Å². The van der Waals surface area contributed by atoms with Crippen LogP contribution in [0.1, 0.15) is 24.8 Å². The van der Waals surface area contributed by atoms with Crippen LogP contribution in [0.3, 0.4) is 0 Å². The van der Waals surface area contributed by atoms with Gasteiger partial charge in [-0.2, -0.15) is 0 Å². The van der Waals surface area contributed by atoms with Gasteiger partial charge in [-0.3, -0.25) is 0 Å². The van der Waals surface area contributed by atoms with E-state index in [1.165, 1.54) is 50.5 Å². The second-order valence-electron chi connectivity index (χ2n) is 12.1. The second-order valence-corrected chi connectivity index (χ2v) is 12.1. The Morgan fingerprint density at radius 3 is 1.79 bits per heavy atom. The highest BCUT2D eigenvalue weighted by Gasteiger charge is 2.35. The average Bonchev–Trinajstić information content (AvgIpc) is 3.46. The van der Waals surface area contributed by atoms with Gasteiger partial charge in [0.05, 0.1) is 5.69 Å². The minimum absolute atomic E-state index is 0.370. The number of allylic oxidation sites excluding steroid dienone is 6. The van der Waals surface area contributed by atoms with Gasteiger partial charge < -0.3 is 9.80 Å². The van der Waals surface area contributed by atoms with Crippen LogP contribution in [0.15, 0.2) is 193 Å². The normalized spacial score (nSPS) is 15.2. The summed E-state index contributed by atoms with van der Waals surface area (Å²) < 4.78 is 0. The van der Waals surface area contributed by atoms with Gasteiger partial charge in [-0.15, -0.1) is 0 Å². The van der Waals surface area contributed by atoms with Gasteiger partial charge in [-0.05, 0) is 107 Å². The van der Waals surface area contributed by atoms with Crippen molar-refractivity contribution in [3.05, 3.63) is 199 Å². The van der Waals surface area contributed by atoms with Crippen molar-refractivity contribution >= 4 is 28.4 Å². The standard InChI is InChI=1S/C45H36N2/c1-2-13-33-22-28-42-43-29-27-37(32-45(43)47(44(42)30-33)40-19-10-5-11-20-40)35-25-23-34(24-26-35)36-14-12-21-41(31-36)46(38-15-6-3-7-16-38)39-17-8-4-9-18-39/h2-27,29-32,42H,28H2,1H3/b13-2+. The van der Waals surface area contributed by atoms with Crippen LogP contribution in [0.25, 0.3) is 22.3 Å². The fourth-order valence-corrected chi connectivity index (χ4v) is 7.02. The van der Waals surface area contributed by atoms with Gasteiger partial charge in [0.15, 0.2) is 0 Å². The summed E-state index contributed by atoms with van der Waals surface area (Å²) in [4.78, 5) is 4.77. The van der Waals surface area contributed by atoms with Gasteiger partial charge in [-0.1, -0.05) is 121 Å². The van der Waals surface area contributed by atoms with E-state index in [1.807, 2.05) is 0 Å². The molecule has 0 saturated carbocycles. The summed E-state index contributed by atoms with van der Waals surface area (Å²) in [6.07, 6.45) is 10.1. The zero-order chi connectivity index (χ0) is 31.6. The summed E-state index contributed by atoms with van der Waals surface area (Å²) in [5.41, 5.74) is 14.7. The first-order valence-corrected chi connectivity index (χ1v) is 16.4. The third kappa shape index (κ3) is 5.49. The Bertz CT molecular complexity index is 2070. The van der Waals surface area contributed by atoms with Crippen molar-refractivity contribution in [3.63, 3.8) is 0 Å². The molecule has 1 aliphatic carbocycles. The number of rotatable bonds is 7. The molecule has 8 rings (SSSR count). The molecule has 226 valence electrons. The van der Waals surface area contributed by atoms with Gasteiger partial charge >= 0.3 is 0 Å². The molecule has 0 saturated heterocycles. The van der Waals surface area contributed by atoms with Crippen molar-refractivity contribution < 1.29 is 0 Å². The van der Waals surface area contributed by atoms with Crippen LogP contribution < -0.4 is 9.80 Å². The lowest BCUT2D eigenvalue weighted by atomic mass is 9.88. The van der Waals surface area contributed by atoms with Crippen molar-refractivity contribution in [2.75, 3.05) is 9.80 Å². The molecule has 0 spiro atoms. The van der Waals surface area contributed by atoms with E-state index in [2.05, 4.69) is 199 Å². The van der Waals surface area contributed by atoms with Crippen LogP contribution >= 0.6 is 0 Å². The lowest BCUT2D eigenvalue weighted by molar-refractivity contribution is 0.814. The number of nitrogens with zero attached hydrogens (tertiary/aromatic N) is 2. The molecule has 0 radical (unpaired) electrons. The molecule has 1 atom stereocenters. The molecule has 1 aliphatic heterocycles. The van der Waals surface area contributed by atoms with E-state index in [-0.39, 0.29) is 0 Å². The summed E-state index contributed by atoms with van der Waals surface area (Å²) in [6.45, 7) is 2.09. The summed E-state index contributed by atoms with van der Waals surface area (Å²) in [7, 11) is 0. The molecule has 6 aromatic carbocycles. The highest BCUT2D eigenvalue weighted by Crippen LogP contribution is 2.52. The highest BCUT2D eigenvalue weighted by atomic mass is 15.2. The van der Waals surface area contributed by atoms with E-state index in [4.69, 9.17) is 0 Å². The Balaban J connectivity index is 1.13. The molecule has 0 amide bonds. The number of hydrogen-bond donors (Lipinski definition) is 0. The molecule has 0 bridgehead atoms. The van der Waals surface area contributed by atoms with Gasteiger partial charge in [0.1, 0.15) is 0 Å². The summed E-state index contributed by atoms with van der Waals surface area (Å²) in [5, 5.41) is 0. The fraction of sp³-hybridized carbons (Fsp3) is 0.0667. The Morgan fingerprint density at radius 1 is 0.574 bits per heavy atom. The molecule has 6 aromatic rings. The molecule has 1 unspecified atom stereocenters. The smallest absolute Gasteiger partial charge is 0.0503 e. The predicted molar refractivity (Wildman–Crippen MR) is 199 cm³/mol. The lowest BCUT2D eigenvalue weighted by Crippen LogP contribution is -2.15. The quantitative estimate of drug-likeness (QED) is 0.179. The molecule has 2 aliphatic rings. The predicted octanol–water partition coefficient (Wildman–Crippen LogP) is 12.5. The van der Waals surface area contributed by atoms with Crippen molar-refractivity contribution in [2.24, 2.45) is 0 Å². The number of hydrogen-bond acceptors (Lipinski definition) is 2. The zero-order valence-electron chi connectivity index (χ0n) is 26.5. The van der Waals surface area contributed by atoms with E-state index in [1.54, 1.807) is 0 Å². The molecular weight excluding hydrogens is 569 g/mol. The highest BCUT2D eigenvalue weighted by molar-refractivity contribution is 5.84. The molecule has 1 heterocycles. The van der Waals surface area contributed by atoms with Crippen LogP contribution in [0.4, 0.5) is 28.4 Å². The van der Waals surface area contributed by atoms with Gasteiger partial charge in [-0.25, -0.2) is 0 Å². The Kier molecular flexibility index (Phi) is 7.61. The van der Waals surface area contributed by atoms with E-state index in [0.29, 0.717) is 5.92 Å². The number of para-hydroxylation sites is 3. The minimum atomic E-state index is 0.370. The largest absolute Gasteiger partial charge is 0.313 e. The molecule has 0 aromatic heterocycles. The van der Waals surface area contributed by atoms with E-state index in [9.17, 15) is 0 Å². The lowest BCUT2D eigenvalue weighted by Gasteiger charge is -2.26. The maximum atomic E-state index is 2.46. The zero-order valence-corrected chi connectivity index (χ0v) is 26.5. The molecular formula is C45H36N2. The van der Waals surface area contributed by atoms with Gasteiger partial charge in [0.25, 0.3) is 0 Å². The Hall–Kier alpha value is -5.86. The maximum Gasteiger partial charge on any atom is 0.0503 e. The maximum absolute atomic E-state index is 2.46. The first kappa shape index (κ1) is 28.6. The molecule has 0 fully saturated rings. The van der Waals surface area contributed by atoms with Crippen LogP contribution in [0.2, 0.25) is 0 Å². The molecule has 0 N–H and O–H groups in total. The third-order valence-electron chi connectivity index (χ3n) is 9.22. The fourth-order valence-electron chi connectivity index (χ4n) is 7.02. The topological polar surface area (TPSA) is 6.48 Å². The molecule has 2 nitrogen and oxygen atoms in total. The number of anilines is 5. The molecule has 2 heteroatoms.